The first-order chi connectivity index (χ1) is 12.4. The molecule has 4 nitrogen and oxygen atoms in total. The van der Waals surface area contributed by atoms with Crippen LogP contribution in [0.1, 0.15) is 16.7 Å². The molecule has 1 aliphatic heterocycles. The molecule has 0 aromatic heterocycles. The van der Waals surface area contributed by atoms with E-state index in [0.29, 0.717) is 0 Å². The lowest BCUT2D eigenvalue weighted by atomic mass is 10.1. The zero-order valence-corrected chi connectivity index (χ0v) is 15.7. The van der Waals surface area contributed by atoms with Crippen LogP contribution in [0, 0.1) is 26.6 Å². The van der Waals surface area contributed by atoms with Gasteiger partial charge < -0.3 is 10.2 Å². The number of halogens is 1. The predicted octanol–water partition coefficient (Wildman–Crippen LogP) is 3.51. The Balaban J connectivity index is 1.53. The average Bonchev–Trinajstić information content (AvgIpc) is 2.61. The normalized spacial score (nSPS) is 15.2. The minimum atomic E-state index is -0.391. The summed E-state index contributed by atoms with van der Waals surface area (Å²) in [6.45, 7) is 9.80. The minimum Gasteiger partial charge on any atom is -0.369 e. The summed E-state index contributed by atoms with van der Waals surface area (Å²) in [6.07, 6.45) is 0. The van der Waals surface area contributed by atoms with Crippen LogP contribution < -0.4 is 10.2 Å². The van der Waals surface area contributed by atoms with Gasteiger partial charge >= 0.3 is 0 Å². The molecule has 3 rings (SSSR count). The van der Waals surface area contributed by atoms with Crippen LogP contribution in [0.3, 0.4) is 0 Å². The summed E-state index contributed by atoms with van der Waals surface area (Å²) in [7, 11) is 0. The molecule has 1 aliphatic rings. The number of carbonyl (C=O) groups excluding carboxylic acids is 1. The van der Waals surface area contributed by atoms with Gasteiger partial charge in [-0.05, 0) is 55.7 Å². The predicted molar refractivity (Wildman–Crippen MR) is 104 cm³/mol. The molecule has 1 saturated heterocycles. The van der Waals surface area contributed by atoms with E-state index in [9.17, 15) is 9.18 Å². The summed E-state index contributed by atoms with van der Waals surface area (Å²) in [5.41, 5.74) is 4.96. The second-order valence-electron chi connectivity index (χ2n) is 7.01. The molecule has 0 radical (unpaired) electrons. The van der Waals surface area contributed by atoms with E-state index in [1.807, 2.05) is 6.92 Å². The highest BCUT2D eigenvalue weighted by Crippen LogP contribution is 2.24. The monoisotopic (exact) mass is 355 g/mol. The molecule has 138 valence electrons. The molecule has 0 bridgehead atoms. The van der Waals surface area contributed by atoms with Crippen molar-refractivity contribution in [3.63, 3.8) is 0 Å². The second kappa shape index (κ2) is 7.87. The molecular formula is C21H26FN3O. The van der Waals surface area contributed by atoms with Crippen molar-refractivity contribution >= 4 is 17.3 Å². The van der Waals surface area contributed by atoms with Crippen molar-refractivity contribution in [2.24, 2.45) is 0 Å². The van der Waals surface area contributed by atoms with Crippen LogP contribution in [0.5, 0.6) is 0 Å². The fourth-order valence-electron chi connectivity index (χ4n) is 3.34. The van der Waals surface area contributed by atoms with Gasteiger partial charge in [0.2, 0.25) is 5.91 Å². The van der Waals surface area contributed by atoms with Gasteiger partial charge in [0.15, 0.2) is 0 Å². The van der Waals surface area contributed by atoms with Crippen molar-refractivity contribution in [1.82, 2.24) is 4.90 Å². The van der Waals surface area contributed by atoms with E-state index < -0.39 is 5.82 Å². The highest BCUT2D eigenvalue weighted by atomic mass is 19.1. The van der Waals surface area contributed by atoms with Gasteiger partial charge in [-0.3, -0.25) is 9.69 Å². The molecule has 0 spiro atoms. The molecule has 2 aromatic rings. The second-order valence-corrected chi connectivity index (χ2v) is 7.01. The molecule has 26 heavy (non-hydrogen) atoms. The fraction of sp³-hybridized carbons (Fsp3) is 0.381. The number of nitrogens with one attached hydrogen (secondary N) is 1. The molecular weight excluding hydrogens is 329 g/mol. The van der Waals surface area contributed by atoms with Gasteiger partial charge in [0.25, 0.3) is 0 Å². The van der Waals surface area contributed by atoms with Crippen molar-refractivity contribution in [2.75, 3.05) is 42.9 Å². The van der Waals surface area contributed by atoms with Gasteiger partial charge in [-0.2, -0.15) is 0 Å². The molecule has 0 saturated carbocycles. The smallest absolute Gasteiger partial charge is 0.238 e. The van der Waals surface area contributed by atoms with E-state index in [-0.39, 0.29) is 18.1 Å². The quantitative estimate of drug-likeness (QED) is 0.912. The molecule has 1 fully saturated rings. The van der Waals surface area contributed by atoms with Crippen molar-refractivity contribution in [3.05, 3.63) is 58.9 Å². The number of hydrogen-bond donors (Lipinski definition) is 1. The van der Waals surface area contributed by atoms with Gasteiger partial charge in [0.1, 0.15) is 5.82 Å². The average molecular weight is 355 g/mol. The summed E-state index contributed by atoms with van der Waals surface area (Å²) in [6, 6.07) is 11.2. The highest BCUT2D eigenvalue weighted by molar-refractivity contribution is 5.92. The first-order valence-corrected chi connectivity index (χ1v) is 9.03. The Kier molecular flexibility index (Phi) is 5.57. The zero-order valence-electron chi connectivity index (χ0n) is 15.7. The number of hydrogen-bond acceptors (Lipinski definition) is 3. The molecule has 0 aliphatic carbocycles. The number of benzene rings is 2. The van der Waals surface area contributed by atoms with Gasteiger partial charge in [0, 0.05) is 31.9 Å². The highest BCUT2D eigenvalue weighted by Gasteiger charge is 2.20. The zero-order chi connectivity index (χ0) is 18.7. The van der Waals surface area contributed by atoms with E-state index in [1.165, 1.54) is 22.9 Å². The number of aryl methyl sites for hydroxylation is 2. The topological polar surface area (TPSA) is 35.6 Å². The van der Waals surface area contributed by atoms with Crippen molar-refractivity contribution < 1.29 is 9.18 Å². The SMILES string of the molecule is Cc1ccc(NC(=O)CN2CCN(c3cccc(C)c3C)CC2)c(F)c1. The number of piperazine rings is 1. The first kappa shape index (κ1) is 18.4. The number of amides is 1. The summed E-state index contributed by atoms with van der Waals surface area (Å²) >= 11 is 0. The Hall–Kier alpha value is -2.40. The minimum absolute atomic E-state index is 0.173. The lowest BCUT2D eigenvalue weighted by Gasteiger charge is -2.36. The van der Waals surface area contributed by atoms with Gasteiger partial charge in [-0.15, -0.1) is 0 Å². The maximum absolute atomic E-state index is 13.9. The molecule has 1 amide bonds. The van der Waals surface area contributed by atoms with E-state index in [4.69, 9.17) is 0 Å². The number of anilines is 2. The third-order valence-electron chi connectivity index (χ3n) is 5.05. The third-order valence-corrected chi connectivity index (χ3v) is 5.05. The largest absolute Gasteiger partial charge is 0.369 e. The Morgan fingerprint density at radius 3 is 2.50 bits per heavy atom. The third kappa shape index (κ3) is 4.22. The Labute approximate surface area is 154 Å². The van der Waals surface area contributed by atoms with E-state index in [2.05, 4.69) is 47.2 Å². The fourth-order valence-corrected chi connectivity index (χ4v) is 3.34. The van der Waals surface area contributed by atoms with Gasteiger partial charge in [-0.1, -0.05) is 18.2 Å². The van der Waals surface area contributed by atoms with Crippen LogP contribution in [0.15, 0.2) is 36.4 Å². The van der Waals surface area contributed by atoms with Crippen LogP contribution in [-0.4, -0.2) is 43.5 Å². The Morgan fingerprint density at radius 1 is 1.08 bits per heavy atom. The van der Waals surface area contributed by atoms with Crippen LogP contribution in [0.4, 0.5) is 15.8 Å². The van der Waals surface area contributed by atoms with Crippen LogP contribution in [0.25, 0.3) is 0 Å². The number of nitrogens with zero attached hydrogens (tertiary/aromatic N) is 2. The van der Waals surface area contributed by atoms with Crippen molar-refractivity contribution in [2.45, 2.75) is 20.8 Å². The summed E-state index contributed by atoms with van der Waals surface area (Å²) in [4.78, 5) is 16.7. The first-order valence-electron chi connectivity index (χ1n) is 9.03. The summed E-state index contributed by atoms with van der Waals surface area (Å²) < 4.78 is 13.9. The number of carbonyl (C=O) groups is 1. The van der Waals surface area contributed by atoms with Crippen LogP contribution in [0.2, 0.25) is 0 Å². The molecule has 0 unspecified atom stereocenters. The molecule has 0 atom stereocenters. The molecule has 2 aromatic carbocycles. The van der Waals surface area contributed by atoms with Crippen molar-refractivity contribution in [3.8, 4) is 0 Å². The maximum atomic E-state index is 13.9. The lowest BCUT2D eigenvalue weighted by molar-refractivity contribution is -0.117. The van der Waals surface area contributed by atoms with Gasteiger partial charge in [-0.25, -0.2) is 4.39 Å². The van der Waals surface area contributed by atoms with Crippen LogP contribution in [-0.2, 0) is 4.79 Å². The van der Waals surface area contributed by atoms with E-state index in [0.717, 1.165) is 31.7 Å². The van der Waals surface area contributed by atoms with E-state index >= 15 is 0 Å². The Bertz CT molecular complexity index is 798. The Morgan fingerprint density at radius 2 is 1.81 bits per heavy atom. The molecule has 1 heterocycles. The number of rotatable bonds is 4. The lowest BCUT2D eigenvalue weighted by Crippen LogP contribution is -2.48. The summed E-state index contributed by atoms with van der Waals surface area (Å²) in [5.74, 6) is -0.564. The molecule has 5 heteroatoms. The van der Waals surface area contributed by atoms with Crippen molar-refractivity contribution in [1.29, 1.82) is 0 Å². The standard InChI is InChI=1S/C21H26FN3O/c1-15-7-8-19(18(22)13-15)23-21(26)14-24-9-11-25(12-10-24)20-6-4-5-16(2)17(20)3/h4-8,13H,9-12,14H2,1-3H3,(H,23,26). The van der Waals surface area contributed by atoms with Crippen LogP contribution >= 0.6 is 0 Å². The maximum Gasteiger partial charge on any atom is 0.238 e. The summed E-state index contributed by atoms with van der Waals surface area (Å²) in [5, 5.41) is 2.67. The van der Waals surface area contributed by atoms with E-state index in [1.54, 1.807) is 12.1 Å². The molecule has 1 N–H and O–H groups in total. The van der Waals surface area contributed by atoms with Gasteiger partial charge in [0.05, 0.1) is 12.2 Å².